The normalized spacial score (nSPS) is 10.0. The lowest BCUT2D eigenvalue weighted by molar-refractivity contribution is 0.111. The summed E-state index contributed by atoms with van der Waals surface area (Å²) in [6, 6.07) is 3.45. The fourth-order valence-electron chi connectivity index (χ4n) is 1.57. The molecule has 19 heavy (non-hydrogen) atoms. The summed E-state index contributed by atoms with van der Waals surface area (Å²) < 4.78 is 10.6. The number of carbonyl (C=O) groups is 1. The van der Waals surface area contributed by atoms with Gasteiger partial charge in [-0.15, -0.1) is 0 Å². The highest BCUT2D eigenvalue weighted by atomic mass is 16.5. The van der Waals surface area contributed by atoms with Crippen molar-refractivity contribution in [1.82, 2.24) is 9.97 Å². The number of aryl methyl sites for hydroxylation is 1. The summed E-state index contributed by atoms with van der Waals surface area (Å²) in [5, 5.41) is 0. The first-order chi connectivity index (χ1) is 9.24. The topological polar surface area (TPSA) is 61.3 Å². The summed E-state index contributed by atoms with van der Waals surface area (Å²) in [7, 11) is 1.50. The molecule has 0 aromatic carbocycles. The molecule has 0 atom stereocenters. The average Bonchev–Trinajstić information content (AvgIpc) is 2.46. The van der Waals surface area contributed by atoms with Crippen LogP contribution in [0.4, 0.5) is 0 Å². The van der Waals surface area contributed by atoms with Crippen molar-refractivity contribution in [3.63, 3.8) is 0 Å². The first kappa shape index (κ1) is 13.0. The number of ether oxygens (including phenoxy) is 2. The van der Waals surface area contributed by atoms with Gasteiger partial charge in [0, 0.05) is 24.0 Å². The van der Waals surface area contributed by atoms with Gasteiger partial charge in [0.1, 0.15) is 12.4 Å². The van der Waals surface area contributed by atoms with Crippen molar-refractivity contribution in [2.75, 3.05) is 7.11 Å². The third kappa shape index (κ3) is 3.07. The second-order valence-corrected chi connectivity index (χ2v) is 3.97. The van der Waals surface area contributed by atoms with E-state index in [1.165, 1.54) is 13.3 Å². The van der Waals surface area contributed by atoms with Gasteiger partial charge in [-0.25, -0.2) is 4.98 Å². The van der Waals surface area contributed by atoms with Crippen LogP contribution in [-0.2, 0) is 6.61 Å². The van der Waals surface area contributed by atoms with Crippen molar-refractivity contribution in [1.29, 1.82) is 0 Å². The fraction of sp³-hybridized carbons (Fsp3) is 0.214. The molecule has 0 radical (unpaired) electrons. The maximum absolute atomic E-state index is 11.0. The third-order valence-electron chi connectivity index (χ3n) is 2.74. The lowest BCUT2D eigenvalue weighted by atomic mass is 10.2. The minimum atomic E-state index is 0.342. The summed E-state index contributed by atoms with van der Waals surface area (Å²) in [4.78, 5) is 19.1. The predicted molar refractivity (Wildman–Crippen MR) is 69.5 cm³/mol. The first-order valence-corrected chi connectivity index (χ1v) is 5.76. The van der Waals surface area contributed by atoms with E-state index in [4.69, 9.17) is 9.47 Å². The maximum Gasteiger partial charge on any atom is 0.213 e. The molecule has 0 spiro atoms. The minimum Gasteiger partial charge on any atom is -0.486 e. The van der Waals surface area contributed by atoms with E-state index >= 15 is 0 Å². The van der Waals surface area contributed by atoms with Gasteiger partial charge in [-0.3, -0.25) is 9.78 Å². The molecular weight excluding hydrogens is 244 g/mol. The smallest absolute Gasteiger partial charge is 0.213 e. The van der Waals surface area contributed by atoms with Crippen LogP contribution >= 0.6 is 0 Å². The number of aromatic nitrogens is 2. The molecular formula is C14H14N2O3. The molecule has 0 aliphatic rings. The van der Waals surface area contributed by atoms with E-state index in [0.29, 0.717) is 23.8 Å². The zero-order valence-electron chi connectivity index (χ0n) is 10.8. The number of aldehydes is 1. The van der Waals surface area contributed by atoms with Gasteiger partial charge < -0.3 is 9.47 Å². The van der Waals surface area contributed by atoms with E-state index in [2.05, 4.69) is 9.97 Å². The SMILES string of the molecule is COc1cc(C=O)c(OCc2cnccc2C)cn1. The summed E-state index contributed by atoms with van der Waals surface area (Å²) in [6.45, 7) is 2.32. The van der Waals surface area contributed by atoms with Gasteiger partial charge in [0.2, 0.25) is 5.88 Å². The Hall–Kier alpha value is -2.43. The molecule has 0 aliphatic heterocycles. The van der Waals surface area contributed by atoms with Crippen LogP contribution in [0.25, 0.3) is 0 Å². The monoisotopic (exact) mass is 258 g/mol. The highest BCUT2D eigenvalue weighted by Gasteiger charge is 2.07. The van der Waals surface area contributed by atoms with Crippen molar-refractivity contribution in [2.24, 2.45) is 0 Å². The molecule has 98 valence electrons. The van der Waals surface area contributed by atoms with Crippen molar-refractivity contribution in [3.05, 3.63) is 47.4 Å². The number of pyridine rings is 2. The fourth-order valence-corrected chi connectivity index (χ4v) is 1.57. The van der Waals surface area contributed by atoms with E-state index in [9.17, 15) is 4.79 Å². The molecule has 2 aromatic rings. The van der Waals surface area contributed by atoms with Crippen molar-refractivity contribution < 1.29 is 14.3 Å². The molecule has 2 aromatic heterocycles. The molecule has 2 heterocycles. The molecule has 5 nitrogen and oxygen atoms in total. The highest BCUT2D eigenvalue weighted by molar-refractivity contribution is 5.79. The Kier molecular flexibility index (Phi) is 4.07. The van der Waals surface area contributed by atoms with Gasteiger partial charge in [0.15, 0.2) is 6.29 Å². The van der Waals surface area contributed by atoms with Gasteiger partial charge in [-0.2, -0.15) is 0 Å². The summed E-state index contributed by atoms with van der Waals surface area (Å²) >= 11 is 0. The van der Waals surface area contributed by atoms with Crippen molar-refractivity contribution >= 4 is 6.29 Å². The lowest BCUT2D eigenvalue weighted by Gasteiger charge is -2.10. The molecule has 0 saturated heterocycles. The Bertz CT molecular complexity index is 585. The van der Waals surface area contributed by atoms with Gasteiger partial charge in [0.05, 0.1) is 18.9 Å². The second kappa shape index (κ2) is 5.95. The Balaban J connectivity index is 2.15. The minimum absolute atomic E-state index is 0.342. The van der Waals surface area contributed by atoms with Crippen LogP contribution in [-0.4, -0.2) is 23.4 Å². The third-order valence-corrected chi connectivity index (χ3v) is 2.74. The van der Waals surface area contributed by atoms with Crippen LogP contribution in [0.1, 0.15) is 21.5 Å². The summed E-state index contributed by atoms with van der Waals surface area (Å²) in [6.07, 6.45) is 5.67. The van der Waals surface area contributed by atoms with Crippen LogP contribution < -0.4 is 9.47 Å². The number of rotatable bonds is 5. The molecule has 0 aliphatic carbocycles. The number of methoxy groups -OCH3 is 1. The predicted octanol–water partition coefficient (Wildman–Crippen LogP) is 2.19. The van der Waals surface area contributed by atoms with Crippen molar-refractivity contribution in [3.8, 4) is 11.6 Å². The Morgan fingerprint density at radius 3 is 2.89 bits per heavy atom. The van der Waals surface area contributed by atoms with Gasteiger partial charge in [-0.05, 0) is 18.6 Å². The van der Waals surface area contributed by atoms with Gasteiger partial charge >= 0.3 is 0 Å². The molecule has 5 heteroatoms. The van der Waals surface area contributed by atoms with Crippen molar-refractivity contribution in [2.45, 2.75) is 13.5 Å². The average molecular weight is 258 g/mol. The Morgan fingerprint density at radius 1 is 1.37 bits per heavy atom. The molecule has 0 N–H and O–H groups in total. The number of nitrogens with zero attached hydrogens (tertiary/aromatic N) is 2. The second-order valence-electron chi connectivity index (χ2n) is 3.97. The van der Waals surface area contributed by atoms with Crippen LogP contribution in [0.5, 0.6) is 11.6 Å². The molecule has 0 fully saturated rings. The number of hydrogen-bond acceptors (Lipinski definition) is 5. The van der Waals surface area contributed by atoms with Crippen LogP contribution in [0.3, 0.4) is 0 Å². The molecule has 0 saturated carbocycles. The summed E-state index contributed by atoms with van der Waals surface area (Å²) in [5.74, 6) is 0.811. The summed E-state index contributed by atoms with van der Waals surface area (Å²) in [5.41, 5.74) is 2.47. The zero-order chi connectivity index (χ0) is 13.7. The van der Waals surface area contributed by atoms with Crippen LogP contribution in [0.2, 0.25) is 0 Å². The Morgan fingerprint density at radius 2 is 2.21 bits per heavy atom. The first-order valence-electron chi connectivity index (χ1n) is 5.76. The standard InChI is InChI=1S/C14H14N2O3/c1-10-3-4-15-6-12(10)9-19-13-7-16-14(18-2)5-11(13)8-17/h3-8H,9H2,1-2H3. The van der Waals surface area contributed by atoms with E-state index in [0.717, 1.165) is 17.4 Å². The maximum atomic E-state index is 11.0. The number of hydrogen-bond donors (Lipinski definition) is 0. The van der Waals surface area contributed by atoms with Gasteiger partial charge in [-0.1, -0.05) is 0 Å². The molecule has 0 bridgehead atoms. The van der Waals surface area contributed by atoms with E-state index < -0.39 is 0 Å². The van der Waals surface area contributed by atoms with Crippen LogP contribution in [0, 0.1) is 6.92 Å². The molecule has 0 unspecified atom stereocenters. The lowest BCUT2D eigenvalue weighted by Crippen LogP contribution is -2.02. The zero-order valence-corrected chi connectivity index (χ0v) is 10.8. The number of carbonyl (C=O) groups excluding carboxylic acids is 1. The van der Waals surface area contributed by atoms with Crippen LogP contribution in [0.15, 0.2) is 30.7 Å². The van der Waals surface area contributed by atoms with E-state index in [1.54, 1.807) is 18.5 Å². The largest absolute Gasteiger partial charge is 0.486 e. The molecule has 2 rings (SSSR count). The van der Waals surface area contributed by atoms with E-state index in [-0.39, 0.29) is 0 Å². The highest BCUT2D eigenvalue weighted by Crippen LogP contribution is 2.21. The van der Waals surface area contributed by atoms with E-state index in [1.807, 2.05) is 13.0 Å². The quantitative estimate of drug-likeness (QED) is 0.769. The Labute approximate surface area is 111 Å². The van der Waals surface area contributed by atoms with Gasteiger partial charge in [0.25, 0.3) is 0 Å². The molecule has 0 amide bonds.